The Bertz CT molecular complexity index is 799. The van der Waals surface area contributed by atoms with Crippen molar-refractivity contribution in [2.24, 2.45) is 5.41 Å². The normalized spacial score (nSPS) is 17.0. The van der Waals surface area contributed by atoms with Crippen molar-refractivity contribution in [3.63, 3.8) is 0 Å². The predicted molar refractivity (Wildman–Crippen MR) is 103 cm³/mol. The van der Waals surface area contributed by atoms with Crippen molar-refractivity contribution in [3.8, 4) is 0 Å². The monoisotopic (exact) mass is 427 g/mol. The van der Waals surface area contributed by atoms with Gasteiger partial charge in [-0.3, -0.25) is 4.79 Å². The van der Waals surface area contributed by atoms with Crippen LogP contribution in [0, 0.1) is 17.0 Å². The van der Waals surface area contributed by atoms with Crippen LogP contribution in [0.4, 0.5) is 13.6 Å². The molecule has 0 saturated carbocycles. The highest BCUT2D eigenvalue weighted by Gasteiger charge is 2.43. The molecule has 0 unspecified atom stereocenters. The number of carbonyl (C=O) groups excluding carboxylic acids is 3. The van der Waals surface area contributed by atoms with Crippen LogP contribution in [-0.2, 0) is 19.0 Å². The van der Waals surface area contributed by atoms with Crippen molar-refractivity contribution in [3.05, 3.63) is 35.4 Å². The van der Waals surface area contributed by atoms with Gasteiger partial charge < -0.3 is 19.5 Å². The summed E-state index contributed by atoms with van der Waals surface area (Å²) in [4.78, 5) is 37.2. The molecule has 1 saturated heterocycles. The van der Waals surface area contributed by atoms with Crippen molar-refractivity contribution in [1.82, 2.24) is 5.32 Å². The largest absolute Gasteiger partial charge is 0.456 e. The fraction of sp³-hybridized carbons (Fsp3) is 0.571. The lowest BCUT2D eigenvalue weighted by atomic mass is 9.75. The molecular weight excluding hydrogens is 400 g/mol. The summed E-state index contributed by atoms with van der Waals surface area (Å²) < 4.78 is 42.7. The second kappa shape index (κ2) is 9.51. The Morgan fingerprint density at radius 2 is 1.83 bits per heavy atom. The maximum absolute atomic E-state index is 13.8. The zero-order chi connectivity index (χ0) is 22.5. The van der Waals surface area contributed by atoms with Crippen molar-refractivity contribution < 1.29 is 37.4 Å². The molecule has 0 aromatic heterocycles. The second-order valence-corrected chi connectivity index (χ2v) is 8.50. The molecule has 0 spiro atoms. The number of Topliss-reactive ketones (excluding diaryl/α,β-unsaturated/α-hetero) is 1. The van der Waals surface area contributed by atoms with Crippen LogP contribution in [0.15, 0.2) is 18.2 Å². The van der Waals surface area contributed by atoms with E-state index >= 15 is 0 Å². The average Bonchev–Trinajstić information content (AvgIpc) is 2.65. The highest BCUT2D eigenvalue weighted by atomic mass is 19.1. The summed E-state index contributed by atoms with van der Waals surface area (Å²) in [5.41, 5.74) is -1.99. The molecule has 1 aromatic carbocycles. The molecular formula is C21H27F2NO6. The third-order valence-corrected chi connectivity index (χ3v) is 4.80. The third kappa shape index (κ3) is 6.48. The molecule has 1 amide bonds. The van der Waals surface area contributed by atoms with Crippen LogP contribution in [-0.4, -0.2) is 49.3 Å². The molecule has 7 nitrogen and oxygen atoms in total. The van der Waals surface area contributed by atoms with E-state index in [1.807, 2.05) is 0 Å². The van der Waals surface area contributed by atoms with E-state index in [0.29, 0.717) is 26.1 Å². The minimum Gasteiger partial charge on any atom is -0.456 e. The number of benzene rings is 1. The van der Waals surface area contributed by atoms with Gasteiger partial charge in [0, 0.05) is 18.6 Å². The quantitative estimate of drug-likeness (QED) is 0.553. The Kier molecular flexibility index (Phi) is 7.52. The van der Waals surface area contributed by atoms with Gasteiger partial charge in [0.15, 0.2) is 6.61 Å². The number of halogens is 2. The van der Waals surface area contributed by atoms with Gasteiger partial charge in [-0.2, -0.15) is 0 Å². The summed E-state index contributed by atoms with van der Waals surface area (Å²) in [6, 6.07) is 1.33. The molecule has 1 aliphatic rings. The number of rotatable bonds is 6. The van der Waals surface area contributed by atoms with E-state index in [1.165, 1.54) is 0 Å². The summed E-state index contributed by atoms with van der Waals surface area (Å²) in [5.74, 6) is -3.47. The standard InChI is InChI=1S/C21H27F2NO6/c1-20(2,3)30-19(27)24-17(21(4)7-9-28-10-8-21)18(26)29-12-16(25)14-11-13(22)5-6-15(14)23/h5-6,11,17H,7-10,12H2,1-4H3,(H,24,27)/t17-/m0/s1. The van der Waals surface area contributed by atoms with E-state index in [-0.39, 0.29) is 0 Å². The van der Waals surface area contributed by atoms with E-state index in [1.54, 1.807) is 27.7 Å². The van der Waals surface area contributed by atoms with Crippen LogP contribution in [0.3, 0.4) is 0 Å². The van der Waals surface area contributed by atoms with Crippen molar-refractivity contribution in [1.29, 1.82) is 0 Å². The number of ether oxygens (including phenoxy) is 3. The predicted octanol–water partition coefficient (Wildman–Crippen LogP) is 3.40. The first kappa shape index (κ1) is 23.7. The molecule has 1 aromatic rings. The van der Waals surface area contributed by atoms with Crippen LogP contribution in [0.5, 0.6) is 0 Å². The molecule has 1 fully saturated rings. The zero-order valence-corrected chi connectivity index (χ0v) is 17.6. The summed E-state index contributed by atoms with van der Waals surface area (Å²) >= 11 is 0. The smallest absolute Gasteiger partial charge is 0.408 e. The second-order valence-electron chi connectivity index (χ2n) is 8.50. The number of carbonyl (C=O) groups is 3. The van der Waals surface area contributed by atoms with Crippen LogP contribution in [0.1, 0.15) is 50.9 Å². The summed E-state index contributed by atoms with van der Waals surface area (Å²) in [7, 11) is 0. The van der Waals surface area contributed by atoms with Gasteiger partial charge >= 0.3 is 12.1 Å². The Labute approximate surface area is 174 Å². The van der Waals surface area contributed by atoms with Gasteiger partial charge in [0.25, 0.3) is 0 Å². The van der Waals surface area contributed by atoms with Gasteiger partial charge in [-0.25, -0.2) is 18.4 Å². The highest BCUT2D eigenvalue weighted by Crippen LogP contribution is 2.34. The maximum Gasteiger partial charge on any atom is 0.408 e. The van der Waals surface area contributed by atoms with E-state index in [9.17, 15) is 23.2 Å². The molecule has 9 heteroatoms. The number of hydrogen-bond donors (Lipinski definition) is 1. The number of alkyl carbamates (subject to hydrolysis) is 1. The Morgan fingerprint density at radius 3 is 2.43 bits per heavy atom. The van der Waals surface area contributed by atoms with E-state index in [2.05, 4.69) is 5.32 Å². The highest BCUT2D eigenvalue weighted by molar-refractivity contribution is 5.98. The first-order chi connectivity index (χ1) is 13.9. The minimum atomic E-state index is -1.11. The molecule has 0 radical (unpaired) electrons. The van der Waals surface area contributed by atoms with E-state index in [0.717, 1.165) is 18.2 Å². The number of esters is 1. The molecule has 30 heavy (non-hydrogen) atoms. The number of ketones is 1. The number of amides is 1. The lowest BCUT2D eigenvalue weighted by Gasteiger charge is -2.39. The van der Waals surface area contributed by atoms with E-state index < -0.39 is 58.7 Å². The van der Waals surface area contributed by atoms with Gasteiger partial charge in [-0.1, -0.05) is 6.92 Å². The lowest BCUT2D eigenvalue weighted by Crippen LogP contribution is -2.55. The summed E-state index contributed by atoms with van der Waals surface area (Å²) in [6.07, 6.45) is 0.129. The Balaban J connectivity index is 2.12. The van der Waals surface area contributed by atoms with Gasteiger partial charge in [-0.05, 0) is 51.8 Å². The van der Waals surface area contributed by atoms with Crippen molar-refractivity contribution >= 4 is 17.8 Å². The van der Waals surface area contributed by atoms with Crippen LogP contribution < -0.4 is 5.32 Å². The molecule has 1 atom stereocenters. The molecule has 0 aliphatic carbocycles. The topological polar surface area (TPSA) is 90.9 Å². The molecule has 1 heterocycles. The fourth-order valence-electron chi connectivity index (χ4n) is 3.08. The number of hydrogen-bond acceptors (Lipinski definition) is 6. The summed E-state index contributed by atoms with van der Waals surface area (Å²) in [6.45, 7) is 6.84. The lowest BCUT2D eigenvalue weighted by molar-refractivity contribution is -0.150. The average molecular weight is 427 g/mol. The number of nitrogens with one attached hydrogen (secondary N) is 1. The third-order valence-electron chi connectivity index (χ3n) is 4.80. The fourth-order valence-corrected chi connectivity index (χ4v) is 3.08. The van der Waals surface area contributed by atoms with Crippen LogP contribution in [0.2, 0.25) is 0 Å². The Hall–Kier alpha value is -2.55. The van der Waals surface area contributed by atoms with Gasteiger partial charge in [0.2, 0.25) is 5.78 Å². The van der Waals surface area contributed by atoms with Crippen molar-refractivity contribution in [2.45, 2.75) is 52.2 Å². The van der Waals surface area contributed by atoms with Gasteiger partial charge in [-0.15, -0.1) is 0 Å². The Morgan fingerprint density at radius 1 is 1.20 bits per heavy atom. The first-order valence-corrected chi connectivity index (χ1v) is 9.63. The van der Waals surface area contributed by atoms with E-state index in [4.69, 9.17) is 14.2 Å². The maximum atomic E-state index is 13.8. The molecule has 2 rings (SSSR count). The van der Waals surface area contributed by atoms with Gasteiger partial charge in [0.1, 0.15) is 23.3 Å². The van der Waals surface area contributed by atoms with Gasteiger partial charge in [0.05, 0.1) is 5.56 Å². The van der Waals surface area contributed by atoms with Crippen molar-refractivity contribution in [2.75, 3.05) is 19.8 Å². The first-order valence-electron chi connectivity index (χ1n) is 9.63. The zero-order valence-electron chi connectivity index (χ0n) is 17.6. The molecule has 166 valence electrons. The SMILES string of the molecule is CC(C)(C)OC(=O)N[C@@H](C(=O)OCC(=O)c1cc(F)ccc1F)C1(C)CCOCC1. The molecule has 1 aliphatic heterocycles. The molecule has 0 bridgehead atoms. The summed E-state index contributed by atoms with van der Waals surface area (Å²) in [5, 5.41) is 2.53. The minimum absolute atomic E-state index is 0.393. The van der Waals surface area contributed by atoms with Crippen LogP contribution in [0.25, 0.3) is 0 Å². The van der Waals surface area contributed by atoms with Crippen LogP contribution >= 0.6 is 0 Å². The molecule has 1 N–H and O–H groups in total.